The first kappa shape index (κ1) is 15.1. The van der Waals surface area contributed by atoms with Crippen LogP contribution in [0.3, 0.4) is 0 Å². The molecule has 2 aromatic rings. The molecule has 0 unspecified atom stereocenters. The van der Waals surface area contributed by atoms with Gasteiger partial charge in [0.05, 0.1) is 5.52 Å². The lowest BCUT2D eigenvalue weighted by Gasteiger charge is -2.41. The molecule has 2 aliphatic heterocycles. The molecule has 0 radical (unpaired) electrons. The largest absolute Gasteiger partial charge is 0.317 e. The minimum atomic E-state index is 0.806. The second-order valence-corrected chi connectivity index (χ2v) is 6.78. The van der Waals surface area contributed by atoms with E-state index in [1.165, 1.54) is 63.1 Å². The van der Waals surface area contributed by atoms with Gasteiger partial charge in [-0.1, -0.05) is 18.2 Å². The highest BCUT2D eigenvalue weighted by molar-refractivity contribution is 5.81. The summed E-state index contributed by atoms with van der Waals surface area (Å²) in [6.45, 7) is 8.22. The summed E-state index contributed by atoms with van der Waals surface area (Å²) >= 11 is 0. The van der Waals surface area contributed by atoms with Crippen LogP contribution in [0.2, 0.25) is 0 Å². The molecule has 4 nitrogen and oxygen atoms in total. The molecule has 23 heavy (non-hydrogen) atoms. The molecule has 0 saturated carbocycles. The quantitative estimate of drug-likeness (QED) is 0.941. The summed E-state index contributed by atoms with van der Waals surface area (Å²) in [5, 5.41) is 4.77. The van der Waals surface area contributed by atoms with Crippen molar-refractivity contribution in [1.29, 1.82) is 0 Å². The Labute approximate surface area is 138 Å². The average molecular weight is 310 g/mol. The molecule has 2 saturated heterocycles. The summed E-state index contributed by atoms with van der Waals surface area (Å²) in [4.78, 5) is 9.78. The van der Waals surface area contributed by atoms with Crippen LogP contribution in [0, 0.1) is 0 Å². The predicted molar refractivity (Wildman–Crippen MR) is 94.5 cm³/mol. The Morgan fingerprint density at radius 2 is 1.78 bits per heavy atom. The van der Waals surface area contributed by atoms with Gasteiger partial charge in [0.2, 0.25) is 0 Å². The van der Waals surface area contributed by atoms with E-state index in [2.05, 4.69) is 50.4 Å². The van der Waals surface area contributed by atoms with Gasteiger partial charge in [-0.3, -0.25) is 14.8 Å². The highest BCUT2D eigenvalue weighted by Crippen LogP contribution is 2.20. The van der Waals surface area contributed by atoms with Crippen LogP contribution >= 0.6 is 0 Å². The van der Waals surface area contributed by atoms with Crippen molar-refractivity contribution in [3.63, 3.8) is 0 Å². The number of hydrogen-bond acceptors (Lipinski definition) is 4. The Morgan fingerprint density at radius 3 is 2.61 bits per heavy atom. The van der Waals surface area contributed by atoms with Gasteiger partial charge < -0.3 is 5.32 Å². The fourth-order valence-electron chi connectivity index (χ4n) is 3.99. The summed E-state index contributed by atoms with van der Waals surface area (Å²) in [5.74, 6) is 0. The molecule has 2 fully saturated rings. The van der Waals surface area contributed by atoms with Crippen LogP contribution in [0.15, 0.2) is 36.5 Å². The summed E-state index contributed by atoms with van der Waals surface area (Å²) in [5.41, 5.74) is 2.52. The Bertz CT molecular complexity index is 637. The second kappa shape index (κ2) is 6.95. The molecule has 0 amide bonds. The first-order chi connectivity index (χ1) is 11.4. The monoisotopic (exact) mass is 310 g/mol. The van der Waals surface area contributed by atoms with Crippen LogP contribution in [0.4, 0.5) is 0 Å². The maximum absolute atomic E-state index is 4.48. The molecule has 0 spiro atoms. The number of para-hydroxylation sites is 1. The minimum Gasteiger partial charge on any atom is -0.317 e. The summed E-state index contributed by atoms with van der Waals surface area (Å²) < 4.78 is 0. The third-order valence-electron chi connectivity index (χ3n) is 5.37. The topological polar surface area (TPSA) is 31.4 Å². The van der Waals surface area contributed by atoms with Crippen LogP contribution < -0.4 is 5.32 Å². The molecule has 4 heteroatoms. The van der Waals surface area contributed by atoms with Gasteiger partial charge in [-0.15, -0.1) is 0 Å². The number of piperazine rings is 1. The standard InChI is InChI=1S/C19H26N4/c1-2-4-19-18(3-1)16(5-10-21-19)15-22-11-13-23(14-12-22)17-6-8-20-9-7-17/h1-5,10,17,20H,6-9,11-15H2. The third-order valence-corrected chi connectivity index (χ3v) is 5.37. The summed E-state index contributed by atoms with van der Waals surface area (Å²) in [6.07, 6.45) is 4.58. The smallest absolute Gasteiger partial charge is 0.0705 e. The number of fused-ring (bicyclic) bond motifs is 1. The number of nitrogens with one attached hydrogen (secondary N) is 1. The lowest BCUT2D eigenvalue weighted by atomic mass is 10.0. The van der Waals surface area contributed by atoms with Crippen molar-refractivity contribution >= 4 is 10.9 Å². The summed E-state index contributed by atoms with van der Waals surface area (Å²) in [7, 11) is 0. The molecule has 3 heterocycles. The van der Waals surface area contributed by atoms with E-state index in [-0.39, 0.29) is 0 Å². The van der Waals surface area contributed by atoms with Gasteiger partial charge in [0.15, 0.2) is 0 Å². The molecule has 122 valence electrons. The SMILES string of the molecule is c1ccc2c(CN3CCN(C4CCNCC4)CC3)ccnc2c1. The maximum Gasteiger partial charge on any atom is 0.0705 e. The van der Waals surface area contributed by atoms with Crippen molar-refractivity contribution in [2.75, 3.05) is 39.3 Å². The molecule has 0 bridgehead atoms. The average Bonchev–Trinajstić information content (AvgIpc) is 2.63. The van der Waals surface area contributed by atoms with Crippen molar-refractivity contribution in [2.45, 2.75) is 25.4 Å². The van der Waals surface area contributed by atoms with E-state index in [1.54, 1.807) is 0 Å². The molecule has 4 rings (SSSR count). The highest BCUT2D eigenvalue weighted by Gasteiger charge is 2.25. The van der Waals surface area contributed by atoms with Gasteiger partial charge in [-0.05, 0) is 43.6 Å². The van der Waals surface area contributed by atoms with Crippen LogP contribution in [0.25, 0.3) is 10.9 Å². The molecular formula is C19H26N4. The number of piperidine rings is 1. The molecule has 1 aromatic carbocycles. The zero-order valence-electron chi connectivity index (χ0n) is 13.7. The first-order valence-corrected chi connectivity index (χ1v) is 8.90. The number of hydrogen-bond donors (Lipinski definition) is 1. The fourth-order valence-corrected chi connectivity index (χ4v) is 3.99. The third kappa shape index (κ3) is 3.39. The van der Waals surface area contributed by atoms with Gasteiger partial charge in [-0.25, -0.2) is 0 Å². The van der Waals surface area contributed by atoms with E-state index in [1.807, 2.05) is 6.20 Å². The van der Waals surface area contributed by atoms with Gasteiger partial charge in [-0.2, -0.15) is 0 Å². The van der Waals surface area contributed by atoms with Crippen LogP contribution in [0.1, 0.15) is 18.4 Å². The van der Waals surface area contributed by atoms with E-state index >= 15 is 0 Å². The van der Waals surface area contributed by atoms with Gasteiger partial charge in [0, 0.05) is 50.3 Å². The van der Waals surface area contributed by atoms with Crippen molar-refractivity contribution in [3.05, 3.63) is 42.1 Å². The predicted octanol–water partition coefficient (Wildman–Crippen LogP) is 2.10. The molecular weight excluding hydrogens is 284 g/mol. The maximum atomic E-state index is 4.48. The molecule has 0 atom stereocenters. The Balaban J connectivity index is 1.39. The minimum absolute atomic E-state index is 0.806. The van der Waals surface area contributed by atoms with Gasteiger partial charge in [0.25, 0.3) is 0 Å². The van der Waals surface area contributed by atoms with E-state index in [9.17, 15) is 0 Å². The molecule has 1 N–H and O–H groups in total. The summed E-state index contributed by atoms with van der Waals surface area (Å²) in [6, 6.07) is 11.5. The Kier molecular flexibility index (Phi) is 4.55. The lowest BCUT2D eigenvalue weighted by Crippen LogP contribution is -2.52. The van der Waals surface area contributed by atoms with Crippen molar-refractivity contribution in [2.24, 2.45) is 0 Å². The van der Waals surface area contributed by atoms with Gasteiger partial charge >= 0.3 is 0 Å². The van der Waals surface area contributed by atoms with E-state index in [4.69, 9.17) is 0 Å². The van der Waals surface area contributed by atoms with Crippen LogP contribution in [-0.4, -0.2) is 60.1 Å². The number of benzene rings is 1. The highest BCUT2D eigenvalue weighted by atomic mass is 15.3. The molecule has 2 aliphatic rings. The lowest BCUT2D eigenvalue weighted by molar-refractivity contribution is 0.0786. The van der Waals surface area contributed by atoms with Crippen molar-refractivity contribution in [1.82, 2.24) is 20.1 Å². The van der Waals surface area contributed by atoms with Crippen molar-refractivity contribution < 1.29 is 0 Å². The molecule has 1 aromatic heterocycles. The number of nitrogens with zero attached hydrogens (tertiary/aromatic N) is 3. The zero-order chi connectivity index (χ0) is 15.5. The van der Waals surface area contributed by atoms with E-state index in [0.29, 0.717) is 0 Å². The number of aromatic nitrogens is 1. The Hall–Kier alpha value is -1.49. The normalized spacial score (nSPS) is 21.7. The number of rotatable bonds is 3. The van der Waals surface area contributed by atoms with Crippen molar-refractivity contribution in [3.8, 4) is 0 Å². The number of pyridine rings is 1. The van der Waals surface area contributed by atoms with Crippen LogP contribution in [0.5, 0.6) is 0 Å². The van der Waals surface area contributed by atoms with E-state index < -0.39 is 0 Å². The van der Waals surface area contributed by atoms with Crippen LogP contribution in [-0.2, 0) is 6.54 Å². The first-order valence-electron chi connectivity index (χ1n) is 8.90. The fraction of sp³-hybridized carbons (Fsp3) is 0.526. The van der Waals surface area contributed by atoms with Gasteiger partial charge in [0.1, 0.15) is 0 Å². The second-order valence-electron chi connectivity index (χ2n) is 6.78. The van der Waals surface area contributed by atoms with E-state index in [0.717, 1.165) is 18.1 Å². The zero-order valence-corrected chi connectivity index (χ0v) is 13.7. The molecule has 0 aliphatic carbocycles. The Morgan fingerprint density at radius 1 is 1.00 bits per heavy atom.